The van der Waals surface area contributed by atoms with E-state index in [1.807, 2.05) is 0 Å². The highest BCUT2D eigenvalue weighted by atomic mass is 16.5. The number of esters is 1. The van der Waals surface area contributed by atoms with Crippen molar-refractivity contribution in [1.82, 2.24) is 15.5 Å². The minimum atomic E-state index is -0.716. The summed E-state index contributed by atoms with van der Waals surface area (Å²) in [6.07, 6.45) is 8.02. The first-order valence-corrected chi connectivity index (χ1v) is 10.5. The van der Waals surface area contributed by atoms with Crippen molar-refractivity contribution >= 4 is 23.8 Å². The first-order valence-electron chi connectivity index (χ1n) is 10.5. The fraction of sp³-hybridized carbons (Fsp3) is 0.800. The highest BCUT2D eigenvalue weighted by Gasteiger charge is 2.52. The first kappa shape index (κ1) is 20.6. The molecule has 4 amide bonds. The van der Waals surface area contributed by atoms with Gasteiger partial charge in [0.1, 0.15) is 5.54 Å². The summed E-state index contributed by atoms with van der Waals surface area (Å²) >= 11 is 0. The number of urea groups is 1. The van der Waals surface area contributed by atoms with Crippen molar-refractivity contribution in [1.29, 1.82) is 0 Å². The van der Waals surface area contributed by atoms with Gasteiger partial charge in [0.25, 0.3) is 11.8 Å². The van der Waals surface area contributed by atoms with Gasteiger partial charge in [-0.3, -0.25) is 19.3 Å². The zero-order valence-corrected chi connectivity index (χ0v) is 16.6. The molecule has 3 rings (SSSR count). The van der Waals surface area contributed by atoms with E-state index in [-0.39, 0.29) is 43.5 Å². The lowest BCUT2D eigenvalue weighted by molar-refractivity contribution is -0.149. The van der Waals surface area contributed by atoms with Crippen molar-refractivity contribution in [3.63, 3.8) is 0 Å². The molecule has 156 valence electrons. The maximum atomic E-state index is 12.5. The molecule has 28 heavy (non-hydrogen) atoms. The van der Waals surface area contributed by atoms with Gasteiger partial charge in [-0.05, 0) is 38.0 Å². The first-order chi connectivity index (χ1) is 13.4. The fourth-order valence-corrected chi connectivity index (χ4v) is 4.58. The third kappa shape index (κ3) is 4.64. The van der Waals surface area contributed by atoms with Crippen LogP contribution in [-0.4, -0.2) is 53.4 Å². The van der Waals surface area contributed by atoms with Gasteiger partial charge in [-0.2, -0.15) is 0 Å². The molecule has 8 heteroatoms. The number of carbonyl (C=O) groups is 4. The average molecular weight is 393 g/mol. The van der Waals surface area contributed by atoms with E-state index < -0.39 is 11.5 Å². The Morgan fingerprint density at radius 2 is 1.89 bits per heavy atom. The Kier molecular flexibility index (Phi) is 6.57. The van der Waals surface area contributed by atoms with E-state index in [0.717, 1.165) is 32.1 Å². The van der Waals surface area contributed by atoms with Gasteiger partial charge in [0, 0.05) is 19.0 Å². The molecule has 1 heterocycles. The summed E-state index contributed by atoms with van der Waals surface area (Å²) in [7, 11) is 0. The lowest BCUT2D eigenvalue weighted by Crippen LogP contribution is -2.44. The number of hydrogen-bond acceptors (Lipinski definition) is 5. The molecule has 0 radical (unpaired) electrons. The van der Waals surface area contributed by atoms with Gasteiger partial charge in [-0.15, -0.1) is 0 Å². The van der Waals surface area contributed by atoms with Gasteiger partial charge in [0.2, 0.25) is 0 Å². The zero-order valence-electron chi connectivity index (χ0n) is 16.6. The van der Waals surface area contributed by atoms with E-state index in [0.29, 0.717) is 25.2 Å². The number of rotatable bonds is 7. The van der Waals surface area contributed by atoms with E-state index in [9.17, 15) is 19.2 Å². The van der Waals surface area contributed by atoms with Gasteiger partial charge in [-0.25, -0.2) is 4.79 Å². The molecule has 2 saturated carbocycles. The minimum absolute atomic E-state index is 0.0666. The highest BCUT2D eigenvalue weighted by molar-refractivity contribution is 6.07. The lowest BCUT2D eigenvalue weighted by atomic mass is 9.86. The molecule has 2 N–H and O–H groups in total. The van der Waals surface area contributed by atoms with Gasteiger partial charge in [-0.1, -0.05) is 32.6 Å². The molecule has 0 aromatic heterocycles. The van der Waals surface area contributed by atoms with Gasteiger partial charge >= 0.3 is 12.0 Å². The van der Waals surface area contributed by atoms with Crippen LogP contribution in [0.4, 0.5) is 4.79 Å². The number of hydrogen-bond donors (Lipinski definition) is 2. The number of nitrogens with zero attached hydrogens (tertiary/aromatic N) is 1. The largest absolute Gasteiger partial charge is 0.456 e. The second-order valence-electron chi connectivity index (χ2n) is 8.38. The van der Waals surface area contributed by atoms with E-state index >= 15 is 0 Å². The number of carbonyl (C=O) groups excluding carboxylic acids is 4. The van der Waals surface area contributed by atoms with E-state index in [2.05, 4.69) is 17.6 Å². The van der Waals surface area contributed by atoms with Crippen LogP contribution in [0.1, 0.15) is 71.1 Å². The fourth-order valence-electron chi connectivity index (χ4n) is 4.58. The number of nitrogens with one attached hydrogen (secondary N) is 2. The quantitative estimate of drug-likeness (QED) is 0.507. The van der Waals surface area contributed by atoms with Gasteiger partial charge in [0.15, 0.2) is 6.61 Å². The topological polar surface area (TPSA) is 105 Å². The molecular formula is C20H31N3O5. The monoisotopic (exact) mass is 393 g/mol. The standard InChI is InChI=1S/C20H31N3O5/c1-14-7-2-3-8-15(14)21-16(24)13-28-17(25)9-6-12-23-18(26)20(22-19(23)27)10-4-5-11-20/h14-15H,2-13H2,1H3,(H,21,24)(H,22,27)/t14-,15+/m1/s1. The Balaban J connectivity index is 1.34. The van der Waals surface area contributed by atoms with Crippen molar-refractivity contribution in [3.8, 4) is 0 Å². The van der Waals surface area contributed by atoms with Crippen molar-refractivity contribution in [2.75, 3.05) is 13.2 Å². The SMILES string of the molecule is C[C@@H]1CCCC[C@@H]1NC(=O)COC(=O)CCCN1C(=O)NC2(CCCC2)C1=O. The van der Waals surface area contributed by atoms with Crippen LogP contribution < -0.4 is 10.6 Å². The molecule has 0 unspecified atom stereocenters. The van der Waals surface area contributed by atoms with Crippen molar-refractivity contribution in [3.05, 3.63) is 0 Å². The average Bonchev–Trinajstić information content (AvgIpc) is 3.22. The Morgan fingerprint density at radius 3 is 2.61 bits per heavy atom. The van der Waals surface area contributed by atoms with Crippen LogP contribution in [0.5, 0.6) is 0 Å². The van der Waals surface area contributed by atoms with Crippen molar-refractivity contribution in [2.24, 2.45) is 5.92 Å². The normalized spacial score (nSPS) is 26.4. The summed E-state index contributed by atoms with van der Waals surface area (Å²) in [6, 6.07) is -0.219. The minimum Gasteiger partial charge on any atom is -0.456 e. The molecule has 0 bridgehead atoms. The summed E-state index contributed by atoms with van der Waals surface area (Å²) in [5, 5.41) is 5.76. The van der Waals surface area contributed by atoms with Crippen molar-refractivity contribution in [2.45, 2.75) is 82.7 Å². The second kappa shape index (κ2) is 8.92. The molecule has 1 saturated heterocycles. The van der Waals surface area contributed by atoms with E-state index in [4.69, 9.17) is 4.74 Å². The van der Waals surface area contributed by atoms with Crippen molar-refractivity contribution < 1.29 is 23.9 Å². The molecule has 3 fully saturated rings. The maximum absolute atomic E-state index is 12.5. The number of ether oxygens (including phenoxy) is 1. The van der Waals surface area contributed by atoms with Crippen LogP contribution in [0.25, 0.3) is 0 Å². The van der Waals surface area contributed by atoms with Crippen LogP contribution in [-0.2, 0) is 19.1 Å². The molecule has 0 aromatic rings. The molecule has 2 atom stereocenters. The van der Waals surface area contributed by atoms with Crippen LogP contribution >= 0.6 is 0 Å². The second-order valence-corrected chi connectivity index (χ2v) is 8.38. The molecule has 8 nitrogen and oxygen atoms in total. The number of amides is 4. The third-order valence-electron chi connectivity index (χ3n) is 6.29. The van der Waals surface area contributed by atoms with E-state index in [1.54, 1.807) is 0 Å². The molecule has 1 spiro atoms. The highest BCUT2D eigenvalue weighted by Crippen LogP contribution is 2.35. The van der Waals surface area contributed by atoms with Crippen LogP contribution in [0, 0.1) is 5.92 Å². The molecule has 3 aliphatic rings. The van der Waals surface area contributed by atoms with Gasteiger partial charge < -0.3 is 15.4 Å². The smallest absolute Gasteiger partial charge is 0.325 e. The zero-order chi connectivity index (χ0) is 20.1. The van der Waals surface area contributed by atoms with Crippen LogP contribution in [0.15, 0.2) is 0 Å². The number of imide groups is 1. The Morgan fingerprint density at radius 1 is 1.18 bits per heavy atom. The molecule has 1 aliphatic heterocycles. The third-order valence-corrected chi connectivity index (χ3v) is 6.29. The molecular weight excluding hydrogens is 362 g/mol. The maximum Gasteiger partial charge on any atom is 0.325 e. The Bertz CT molecular complexity index is 629. The summed E-state index contributed by atoms with van der Waals surface area (Å²) in [6.45, 7) is 2.03. The summed E-state index contributed by atoms with van der Waals surface area (Å²) in [5.74, 6) is -0.496. The van der Waals surface area contributed by atoms with Crippen LogP contribution in [0.3, 0.4) is 0 Å². The van der Waals surface area contributed by atoms with Gasteiger partial charge in [0.05, 0.1) is 0 Å². The summed E-state index contributed by atoms with van der Waals surface area (Å²) in [5.41, 5.74) is -0.716. The van der Waals surface area contributed by atoms with Crippen LogP contribution in [0.2, 0.25) is 0 Å². The van der Waals surface area contributed by atoms with E-state index in [1.165, 1.54) is 11.3 Å². The summed E-state index contributed by atoms with van der Waals surface area (Å²) < 4.78 is 5.04. The lowest BCUT2D eigenvalue weighted by Gasteiger charge is -2.29. The predicted molar refractivity (Wildman–Crippen MR) is 101 cm³/mol. The predicted octanol–water partition coefficient (Wildman–Crippen LogP) is 1.87. The molecule has 0 aromatic carbocycles. The Labute approximate surface area is 165 Å². The Hall–Kier alpha value is -2.12. The summed E-state index contributed by atoms with van der Waals surface area (Å²) in [4.78, 5) is 49.7. The molecule has 2 aliphatic carbocycles.